The maximum absolute atomic E-state index is 11.4. The Kier molecular flexibility index (Phi) is 4.95. The fraction of sp³-hybridized carbons (Fsp3) is 0.125. The van der Waals surface area contributed by atoms with Gasteiger partial charge in [-0.15, -0.1) is 0 Å². The molecule has 0 radical (unpaired) electrons. The van der Waals surface area contributed by atoms with Crippen LogP contribution in [0.2, 0.25) is 0 Å². The summed E-state index contributed by atoms with van der Waals surface area (Å²) in [7, 11) is 1.44. The largest absolute Gasteiger partial charge is 0.480 e. The van der Waals surface area contributed by atoms with E-state index in [0.29, 0.717) is 5.88 Å². The summed E-state index contributed by atoms with van der Waals surface area (Å²) in [5.74, 6) is -3.14. The number of anilines is 1. The molecule has 1 aromatic rings. The number of ether oxygens (including phenoxy) is 1. The molecule has 1 heterocycles. The molecule has 2 N–H and O–H groups in total. The van der Waals surface area contributed by atoms with Crippen LogP contribution in [0, 0.1) is 0 Å². The van der Waals surface area contributed by atoms with Gasteiger partial charge in [0.15, 0.2) is 5.82 Å². The first kappa shape index (κ1) is 14.8. The van der Waals surface area contributed by atoms with Crippen molar-refractivity contribution in [3.05, 3.63) is 24.4 Å². The van der Waals surface area contributed by atoms with Gasteiger partial charge in [-0.1, -0.05) is 6.58 Å². The predicted octanol–water partition coefficient (Wildman–Crippen LogP) is 2.75. The van der Waals surface area contributed by atoms with Crippen LogP contribution >= 0.6 is 28.3 Å². The van der Waals surface area contributed by atoms with Crippen LogP contribution in [-0.4, -0.2) is 23.1 Å². The molecule has 1 rings (SSSR count). The molecule has 2 amide bonds. The van der Waals surface area contributed by atoms with Gasteiger partial charge < -0.3 is 10.1 Å². The molecule has 1 aromatic heterocycles. The van der Waals surface area contributed by atoms with Gasteiger partial charge >= 0.3 is 6.03 Å². The first-order valence-corrected chi connectivity index (χ1v) is 7.97. The average Bonchev–Trinajstić information content (AvgIpc) is 2.28. The molecular formula is C8H9Cl2N4O3P. The summed E-state index contributed by atoms with van der Waals surface area (Å²) in [5.41, 5.74) is -0.287. The number of carbonyl (C=O) groups is 1. The third-order valence-electron chi connectivity index (χ3n) is 1.65. The van der Waals surface area contributed by atoms with E-state index in [-0.39, 0.29) is 11.3 Å². The Hall–Kier alpha value is -1.30. The summed E-state index contributed by atoms with van der Waals surface area (Å²) in [6.07, 6.45) is 2.60. The molecule has 0 aromatic carbocycles. The van der Waals surface area contributed by atoms with Crippen molar-refractivity contribution in [1.82, 2.24) is 15.3 Å². The topological polar surface area (TPSA) is 93.2 Å². The summed E-state index contributed by atoms with van der Waals surface area (Å²) in [5, 5.41) is 4.44. The molecule has 98 valence electrons. The Labute approximate surface area is 112 Å². The monoisotopic (exact) mass is 310 g/mol. The maximum atomic E-state index is 11.4. The van der Waals surface area contributed by atoms with Gasteiger partial charge in [-0.05, 0) is 22.5 Å². The second-order valence-electron chi connectivity index (χ2n) is 2.93. The van der Waals surface area contributed by atoms with Crippen molar-refractivity contribution in [2.45, 2.75) is 0 Å². The molecule has 18 heavy (non-hydrogen) atoms. The zero-order valence-electron chi connectivity index (χ0n) is 9.18. The Morgan fingerprint density at radius 1 is 1.44 bits per heavy atom. The number of urea groups is 1. The molecule has 0 aliphatic heterocycles. The predicted molar refractivity (Wildman–Crippen MR) is 69.2 cm³/mol. The molecule has 10 heteroatoms. The zero-order valence-corrected chi connectivity index (χ0v) is 11.6. The minimum absolute atomic E-state index is 0.167. The third kappa shape index (κ3) is 4.52. The van der Waals surface area contributed by atoms with E-state index in [4.69, 9.17) is 27.2 Å². The van der Waals surface area contributed by atoms with Crippen molar-refractivity contribution in [3.63, 3.8) is 0 Å². The standard InChI is InChI=1S/C8H9Cl2N4O3P/c1-5(18(9,10)16)13-8(15)14-6-3-12-7(17-2)4-11-6/h3-4H,1H2,2H3,(H2,11,13,14,15). The zero-order chi connectivity index (χ0) is 13.8. The van der Waals surface area contributed by atoms with Crippen molar-refractivity contribution in [2.24, 2.45) is 0 Å². The highest BCUT2D eigenvalue weighted by Crippen LogP contribution is 2.61. The van der Waals surface area contributed by atoms with Crippen LogP contribution in [0.4, 0.5) is 10.6 Å². The van der Waals surface area contributed by atoms with Crippen molar-refractivity contribution in [2.75, 3.05) is 12.4 Å². The third-order valence-corrected chi connectivity index (χ3v) is 3.62. The Morgan fingerprint density at radius 2 is 2.11 bits per heavy atom. The molecule has 0 fully saturated rings. The summed E-state index contributed by atoms with van der Waals surface area (Å²) in [4.78, 5) is 19.1. The Balaban J connectivity index is 2.59. The fourth-order valence-corrected chi connectivity index (χ4v) is 1.32. The normalized spacial score (nSPS) is 10.6. The van der Waals surface area contributed by atoms with Gasteiger partial charge in [0, 0.05) is 0 Å². The highest BCUT2D eigenvalue weighted by Gasteiger charge is 2.20. The molecule has 0 spiro atoms. The second kappa shape index (κ2) is 6.04. The Morgan fingerprint density at radius 3 is 2.56 bits per heavy atom. The highest BCUT2D eigenvalue weighted by molar-refractivity contribution is 8.11. The number of nitrogens with zero attached hydrogens (tertiary/aromatic N) is 2. The smallest absolute Gasteiger partial charge is 0.325 e. The highest BCUT2D eigenvalue weighted by atomic mass is 35.9. The van der Waals surface area contributed by atoms with Crippen LogP contribution in [0.5, 0.6) is 5.88 Å². The van der Waals surface area contributed by atoms with Crippen molar-refractivity contribution >= 4 is 40.2 Å². The van der Waals surface area contributed by atoms with E-state index in [1.807, 2.05) is 0 Å². The quantitative estimate of drug-likeness (QED) is 0.834. The minimum atomic E-state index is -3.61. The lowest BCUT2D eigenvalue weighted by Gasteiger charge is -2.09. The van der Waals surface area contributed by atoms with Gasteiger partial charge in [-0.25, -0.2) is 14.8 Å². The van der Waals surface area contributed by atoms with E-state index >= 15 is 0 Å². The van der Waals surface area contributed by atoms with Crippen LogP contribution in [0.3, 0.4) is 0 Å². The molecule has 0 atom stereocenters. The van der Waals surface area contributed by atoms with E-state index < -0.39 is 11.9 Å². The number of aromatic nitrogens is 2. The lowest BCUT2D eigenvalue weighted by Crippen LogP contribution is -2.27. The minimum Gasteiger partial charge on any atom is -0.480 e. The first-order valence-electron chi connectivity index (χ1n) is 4.46. The summed E-state index contributed by atoms with van der Waals surface area (Å²) in [6, 6.07) is -0.735. The number of nitrogens with one attached hydrogen (secondary N) is 2. The maximum Gasteiger partial charge on any atom is 0.325 e. The van der Waals surface area contributed by atoms with Gasteiger partial charge in [0.2, 0.25) is 5.88 Å². The number of hydrogen-bond acceptors (Lipinski definition) is 5. The van der Waals surface area contributed by atoms with Crippen molar-refractivity contribution < 1.29 is 14.1 Å². The summed E-state index contributed by atoms with van der Waals surface area (Å²) in [6.45, 7) is 3.28. The van der Waals surface area contributed by atoms with Crippen LogP contribution < -0.4 is 15.4 Å². The number of halogens is 2. The molecule has 0 bridgehead atoms. The lowest BCUT2D eigenvalue weighted by molar-refractivity contribution is 0.254. The van der Waals surface area contributed by atoms with E-state index in [1.165, 1.54) is 19.5 Å². The number of amides is 2. The van der Waals surface area contributed by atoms with Gasteiger partial charge in [0.25, 0.3) is 5.85 Å². The van der Waals surface area contributed by atoms with Crippen LogP contribution in [0.25, 0.3) is 0 Å². The second-order valence-corrected chi connectivity index (χ2v) is 7.77. The van der Waals surface area contributed by atoms with E-state index in [2.05, 4.69) is 27.2 Å². The average molecular weight is 311 g/mol. The lowest BCUT2D eigenvalue weighted by atomic mass is 10.6. The van der Waals surface area contributed by atoms with Crippen LogP contribution in [0.15, 0.2) is 24.4 Å². The Bertz CT molecular complexity index is 502. The SMILES string of the molecule is C=C(NC(=O)Nc1cnc(OC)cn1)P(=O)(Cl)Cl. The molecule has 0 unspecified atom stereocenters. The molecule has 7 nitrogen and oxygen atoms in total. The summed E-state index contributed by atoms with van der Waals surface area (Å²) >= 11 is 10.6. The molecular weight excluding hydrogens is 302 g/mol. The van der Waals surface area contributed by atoms with Crippen LogP contribution in [0.1, 0.15) is 0 Å². The molecule has 0 aliphatic rings. The number of carbonyl (C=O) groups excluding carboxylic acids is 1. The van der Waals surface area contributed by atoms with E-state index in [1.54, 1.807) is 0 Å². The van der Waals surface area contributed by atoms with Crippen molar-refractivity contribution in [1.29, 1.82) is 0 Å². The van der Waals surface area contributed by atoms with Gasteiger partial charge in [-0.3, -0.25) is 9.88 Å². The number of rotatable bonds is 4. The van der Waals surface area contributed by atoms with E-state index in [9.17, 15) is 9.36 Å². The van der Waals surface area contributed by atoms with Crippen LogP contribution in [-0.2, 0) is 4.57 Å². The molecule has 0 saturated carbocycles. The van der Waals surface area contributed by atoms with Gasteiger partial charge in [-0.2, -0.15) is 0 Å². The number of methoxy groups -OCH3 is 1. The molecule has 0 aliphatic carbocycles. The van der Waals surface area contributed by atoms with Gasteiger partial charge in [0.1, 0.15) is 5.44 Å². The number of hydrogen-bond donors (Lipinski definition) is 2. The summed E-state index contributed by atoms with van der Waals surface area (Å²) < 4.78 is 15.9. The fourth-order valence-electron chi connectivity index (χ4n) is 0.830. The van der Waals surface area contributed by atoms with Crippen molar-refractivity contribution in [3.8, 4) is 5.88 Å². The first-order chi connectivity index (χ1) is 8.32. The van der Waals surface area contributed by atoms with Gasteiger partial charge in [0.05, 0.1) is 19.5 Å². The molecule has 0 saturated heterocycles. The van der Waals surface area contributed by atoms with E-state index in [0.717, 1.165) is 0 Å².